The van der Waals surface area contributed by atoms with Crippen LogP contribution in [0.15, 0.2) is 53.6 Å². The molecule has 43 heavy (non-hydrogen) atoms. The molecular formula is C28H34N6O8S. The number of aromatic nitrogens is 2. The van der Waals surface area contributed by atoms with Gasteiger partial charge in [0.25, 0.3) is 5.91 Å². The second kappa shape index (κ2) is 14.8. The van der Waals surface area contributed by atoms with E-state index >= 15 is 0 Å². The van der Waals surface area contributed by atoms with E-state index in [0.29, 0.717) is 29.2 Å². The van der Waals surface area contributed by atoms with Crippen LogP contribution in [-0.4, -0.2) is 94.8 Å². The van der Waals surface area contributed by atoms with Gasteiger partial charge in [-0.2, -0.15) is 4.31 Å². The summed E-state index contributed by atoms with van der Waals surface area (Å²) in [4.78, 5) is 33.8. The van der Waals surface area contributed by atoms with Crippen LogP contribution in [0.5, 0.6) is 5.75 Å². The maximum Gasteiger partial charge on any atom is 0.321 e. The number of ether oxygens (including phenoxy) is 4. The summed E-state index contributed by atoms with van der Waals surface area (Å²) in [5, 5.41) is 5.90. The standard InChI is InChI=1S/C28H34N6O8S/c1-30-16-20-4-3-5-22-26(20)42-15-14-41-13-12-40-11-10-34(18-24(35)39-2)43(37,38)21-8-6-19(7-9-21)23-17-31-27(29)25(32-23)28(36)33-22/h3-9,17,30H,10-16,18H2,1-2H3,(H2,29,31)(H,33,36). The Kier molecular flexibility index (Phi) is 11.0. The second-order valence-electron chi connectivity index (χ2n) is 9.28. The minimum Gasteiger partial charge on any atom is -0.489 e. The molecule has 2 aliphatic rings. The number of nitrogen functional groups attached to an aromatic ring is 1. The number of fused-ring (bicyclic) bond motifs is 13. The van der Waals surface area contributed by atoms with Gasteiger partial charge in [0.2, 0.25) is 10.0 Å². The van der Waals surface area contributed by atoms with Crippen molar-refractivity contribution in [1.82, 2.24) is 19.6 Å². The first-order valence-electron chi connectivity index (χ1n) is 13.4. The van der Waals surface area contributed by atoms with E-state index in [2.05, 4.69) is 25.3 Å². The highest BCUT2D eigenvalue weighted by atomic mass is 32.2. The highest BCUT2D eigenvalue weighted by Crippen LogP contribution is 2.30. The lowest BCUT2D eigenvalue weighted by molar-refractivity contribution is -0.140. The molecule has 14 nitrogen and oxygen atoms in total. The van der Waals surface area contributed by atoms with E-state index < -0.39 is 28.4 Å². The normalized spacial score (nSPS) is 16.6. The third-order valence-corrected chi connectivity index (χ3v) is 8.24. The molecule has 0 unspecified atom stereocenters. The van der Waals surface area contributed by atoms with Crippen LogP contribution < -0.4 is 21.1 Å². The Hall–Kier alpha value is -4.15. The Balaban J connectivity index is 1.69. The summed E-state index contributed by atoms with van der Waals surface area (Å²) < 4.78 is 49.6. The highest BCUT2D eigenvalue weighted by Gasteiger charge is 2.27. The molecule has 0 spiro atoms. The van der Waals surface area contributed by atoms with Gasteiger partial charge in [-0.15, -0.1) is 0 Å². The van der Waals surface area contributed by atoms with Crippen molar-refractivity contribution in [3.63, 3.8) is 0 Å². The van der Waals surface area contributed by atoms with Crippen LogP contribution >= 0.6 is 0 Å². The minimum absolute atomic E-state index is 0.0262. The van der Waals surface area contributed by atoms with Crippen molar-refractivity contribution < 1.29 is 37.0 Å². The summed E-state index contributed by atoms with van der Waals surface area (Å²) in [7, 11) is -1.11. The number of anilines is 2. The number of methoxy groups -OCH3 is 1. The lowest BCUT2D eigenvalue weighted by Crippen LogP contribution is -2.38. The fourth-order valence-electron chi connectivity index (χ4n) is 4.20. The van der Waals surface area contributed by atoms with Gasteiger partial charge in [-0.3, -0.25) is 9.59 Å². The van der Waals surface area contributed by atoms with E-state index in [0.717, 1.165) is 9.87 Å². The van der Waals surface area contributed by atoms with Gasteiger partial charge in [0.1, 0.15) is 18.9 Å². The lowest BCUT2D eigenvalue weighted by Gasteiger charge is -2.21. The molecule has 4 N–H and O–H groups in total. The molecule has 1 amide bonds. The molecule has 2 aromatic carbocycles. The molecule has 0 saturated heterocycles. The van der Waals surface area contributed by atoms with Crippen molar-refractivity contribution in [3.8, 4) is 17.0 Å². The fraction of sp³-hybridized carbons (Fsp3) is 0.357. The summed E-state index contributed by atoms with van der Waals surface area (Å²) in [6.45, 7) is 0.767. The molecule has 230 valence electrons. The van der Waals surface area contributed by atoms with Crippen molar-refractivity contribution in [2.45, 2.75) is 11.4 Å². The molecule has 0 saturated carbocycles. The van der Waals surface area contributed by atoms with Crippen LogP contribution in [0.2, 0.25) is 0 Å². The van der Waals surface area contributed by atoms with Crippen LogP contribution in [0.4, 0.5) is 11.5 Å². The first kappa shape index (κ1) is 31.8. The SMILES string of the molecule is CNCc1cccc2c1OCCOCCOCCN(CC(=O)OC)S(=O)(=O)c1ccc(cc1)-c1cnc(N)c(n1)C(=O)N2. The van der Waals surface area contributed by atoms with Crippen LogP contribution in [0.25, 0.3) is 11.3 Å². The average Bonchev–Trinajstić information content (AvgIpc) is 3.00. The van der Waals surface area contributed by atoms with Crippen molar-refractivity contribution >= 4 is 33.4 Å². The Morgan fingerprint density at radius 1 is 1.09 bits per heavy atom. The Morgan fingerprint density at radius 3 is 2.53 bits per heavy atom. The number of esters is 1. The molecular weight excluding hydrogens is 580 g/mol. The summed E-state index contributed by atoms with van der Waals surface area (Å²) in [6.07, 6.45) is 1.39. The first-order chi connectivity index (χ1) is 20.7. The third kappa shape index (κ3) is 8.03. The Labute approximate surface area is 249 Å². The summed E-state index contributed by atoms with van der Waals surface area (Å²) >= 11 is 0. The predicted octanol–water partition coefficient (Wildman–Crippen LogP) is 1.29. The molecule has 15 heteroatoms. The maximum atomic E-state index is 13.4. The summed E-state index contributed by atoms with van der Waals surface area (Å²) in [5.41, 5.74) is 7.93. The molecule has 0 atom stereocenters. The second-order valence-corrected chi connectivity index (χ2v) is 11.2. The molecule has 0 fully saturated rings. The third-order valence-electron chi connectivity index (χ3n) is 6.38. The number of nitrogens with two attached hydrogens (primary N) is 1. The fourth-order valence-corrected chi connectivity index (χ4v) is 5.57. The molecule has 3 aromatic rings. The molecule has 0 aliphatic carbocycles. The number of benzene rings is 2. The quantitative estimate of drug-likeness (QED) is 0.283. The monoisotopic (exact) mass is 614 g/mol. The largest absolute Gasteiger partial charge is 0.489 e. The zero-order valence-corrected chi connectivity index (χ0v) is 24.7. The number of amides is 1. The van der Waals surface area contributed by atoms with Gasteiger partial charge in [0.15, 0.2) is 11.5 Å². The number of carbonyl (C=O) groups is 2. The number of para-hydroxylation sites is 1. The topological polar surface area (TPSA) is 184 Å². The van der Waals surface area contributed by atoms with Gasteiger partial charge >= 0.3 is 5.97 Å². The predicted molar refractivity (Wildman–Crippen MR) is 157 cm³/mol. The summed E-state index contributed by atoms with van der Waals surface area (Å²) in [5.74, 6) is -0.936. The zero-order valence-electron chi connectivity index (χ0n) is 23.9. The highest BCUT2D eigenvalue weighted by molar-refractivity contribution is 7.89. The first-order valence-corrected chi connectivity index (χ1v) is 14.8. The summed E-state index contributed by atoms with van der Waals surface area (Å²) in [6, 6.07) is 11.2. The number of carbonyl (C=O) groups excluding carboxylic acids is 2. The van der Waals surface area contributed by atoms with Crippen LogP contribution in [0, 0.1) is 0 Å². The molecule has 4 bridgehead atoms. The van der Waals surface area contributed by atoms with Crippen molar-refractivity contribution in [1.29, 1.82) is 0 Å². The van der Waals surface area contributed by atoms with E-state index in [-0.39, 0.29) is 56.0 Å². The number of rotatable bonds is 4. The van der Waals surface area contributed by atoms with Gasteiger partial charge in [-0.05, 0) is 25.2 Å². The average molecular weight is 615 g/mol. The molecule has 3 heterocycles. The molecule has 0 radical (unpaired) electrons. The Morgan fingerprint density at radius 2 is 1.81 bits per heavy atom. The van der Waals surface area contributed by atoms with Crippen LogP contribution in [-0.2, 0) is 35.6 Å². The molecule has 1 aromatic heterocycles. The molecule has 5 rings (SSSR count). The van der Waals surface area contributed by atoms with Crippen molar-refractivity contribution in [2.75, 3.05) is 71.3 Å². The Bertz CT molecular complexity index is 1530. The van der Waals surface area contributed by atoms with Crippen LogP contribution in [0.3, 0.4) is 0 Å². The van der Waals surface area contributed by atoms with Gasteiger partial charge in [0.05, 0.1) is 56.0 Å². The lowest BCUT2D eigenvalue weighted by atomic mass is 10.1. The number of sulfonamides is 1. The van der Waals surface area contributed by atoms with E-state index in [1.807, 2.05) is 6.07 Å². The maximum absolute atomic E-state index is 13.4. The van der Waals surface area contributed by atoms with E-state index in [9.17, 15) is 18.0 Å². The smallest absolute Gasteiger partial charge is 0.321 e. The number of nitrogens with zero attached hydrogens (tertiary/aromatic N) is 3. The van der Waals surface area contributed by atoms with Gasteiger partial charge in [0, 0.05) is 24.2 Å². The number of hydrogen-bond donors (Lipinski definition) is 3. The van der Waals surface area contributed by atoms with E-state index in [1.165, 1.54) is 37.6 Å². The molecule has 2 aliphatic heterocycles. The van der Waals surface area contributed by atoms with Crippen molar-refractivity contribution in [2.24, 2.45) is 0 Å². The van der Waals surface area contributed by atoms with Crippen molar-refractivity contribution in [3.05, 3.63) is 59.9 Å². The zero-order chi connectivity index (χ0) is 30.8. The van der Waals surface area contributed by atoms with E-state index in [4.69, 9.17) is 19.9 Å². The number of hydrogen-bond acceptors (Lipinski definition) is 12. The van der Waals surface area contributed by atoms with Gasteiger partial charge in [-0.1, -0.05) is 24.3 Å². The number of nitrogens with one attached hydrogen (secondary N) is 2. The van der Waals surface area contributed by atoms with Gasteiger partial charge in [-0.25, -0.2) is 18.4 Å². The minimum atomic E-state index is -4.09. The van der Waals surface area contributed by atoms with Crippen LogP contribution in [0.1, 0.15) is 16.1 Å². The van der Waals surface area contributed by atoms with E-state index in [1.54, 1.807) is 19.2 Å². The van der Waals surface area contributed by atoms with Gasteiger partial charge < -0.3 is 35.3 Å².